The fourth-order valence-electron chi connectivity index (χ4n) is 1.93. The van der Waals surface area contributed by atoms with Crippen molar-refractivity contribution in [1.82, 2.24) is 0 Å². The topological polar surface area (TPSA) is 54.4 Å². The van der Waals surface area contributed by atoms with Gasteiger partial charge in [-0.2, -0.15) is 0 Å². The van der Waals surface area contributed by atoms with Crippen LogP contribution in [0.2, 0.25) is 0 Å². The quantitative estimate of drug-likeness (QED) is 0.908. The molecule has 2 unspecified atom stereocenters. The van der Waals surface area contributed by atoms with Crippen molar-refractivity contribution in [3.63, 3.8) is 0 Å². The van der Waals surface area contributed by atoms with Crippen LogP contribution < -0.4 is 0 Å². The Kier molecular flexibility index (Phi) is 3.45. The maximum atomic E-state index is 11.3. The molecule has 16 heavy (non-hydrogen) atoms. The number of halogens is 1. The lowest BCUT2D eigenvalue weighted by Crippen LogP contribution is -2.13. The third-order valence-corrected chi connectivity index (χ3v) is 6.88. The number of thiophene rings is 1. The lowest BCUT2D eigenvalue weighted by molar-refractivity contribution is 0.124. The summed E-state index contributed by atoms with van der Waals surface area (Å²) < 4.78 is 23.6. The summed E-state index contributed by atoms with van der Waals surface area (Å²) in [6.07, 6.45) is -0.0785. The van der Waals surface area contributed by atoms with Crippen LogP contribution in [-0.4, -0.2) is 25.0 Å². The van der Waals surface area contributed by atoms with E-state index in [4.69, 9.17) is 0 Å². The molecule has 1 N–H and O–H groups in total. The molecule has 1 aliphatic rings. The molecule has 0 spiro atoms. The van der Waals surface area contributed by atoms with Gasteiger partial charge < -0.3 is 5.11 Å². The van der Waals surface area contributed by atoms with Gasteiger partial charge in [-0.05, 0) is 35.3 Å². The number of aliphatic hydroxyl groups is 1. The highest BCUT2D eigenvalue weighted by Crippen LogP contribution is 2.37. The second-order valence-corrected chi connectivity index (χ2v) is 8.53. The first-order chi connectivity index (χ1) is 7.39. The number of aryl methyl sites for hydroxylation is 1. The summed E-state index contributed by atoms with van der Waals surface area (Å²) in [5, 5.41) is 10.1. The first-order valence-electron chi connectivity index (χ1n) is 5.03. The molecule has 0 aliphatic carbocycles. The van der Waals surface area contributed by atoms with E-state index < -0.39 is 15.9 Å². The van der Waals surface area contributed by atoms with E-state index in [-0.39, 0.29) is 17.4 Å². The summed E-state index contributed by atoms with van der Waals surface area (Å²) in [4.78, 5) is 1.96. The van der Waals surface area contributed by atoms with Crippen LogP contribution in [0.5, 0.6) is 0 Å². The molecule has 1 aromatic rings. The van der Waals surface area contributed by atoms with Crippen molar-refractivity contribution in [2.45, 2.75) is 19.4 Å². The van der Waals surface area contributed by atoms with Crippen molar-refractivity contribution >= 4 is 37.1 Å². The Morgan fingerprint density at radius 2 is 2.31 bits per heavy atom. The lowest BCUT2D eigenvalue weighted by Gasteiger charge is -2.14. The zero-order chi connectivity index (χ0) is 11.9. The molecule has 90 valence electrons. The van der Waals surface area contributed by atoms with Gasteiger partial charge in [-0.15, -0.1) is 11.3 Å². The lowest BCUT2D eigenvalue weighted by atomic mass is 10.0. The number of hydrogen-bond donors (Lipinski definition) is 1. The highest BCUT2D eigenvalue weighted by Gasteiger charge is 2.34. The minimum absolute atomic E-state index is 0.114. The third kappa shape index (κ3) is 2.50. The summed E-state index contributed by atoms with van der Waals surface area (Å²) >= 11 is 4.91. The molecule has 2 rings (SSSR count). The van der Waals surface area contributed by atoms with Crippen molar-refractivity contribution in [2.75, 3.05) is 11.5 Å². The first-order valence-corrected chi connectivity index (χ1v) is 8.46. The number of hydrogen-bond acceptors (Lipinski definition) is 4. The van der Waals surface area contributed by atoms with Gasteiger partial charge in [-0.3, -0.25) is 0 Å². The Bertz CT molecular complexity index is 473. The molecule has 6 heteroatoms. The van der Waals surface area contributed by atoms with Gasteiger partial charge in [0.2, 0.25) is 0 Å². The molecular formula is C10H13BrO3S2. The normalized spacial score (nSPS) is 25.8. The fraction of sp³-hybridized carbons (Fsp3) is 0.600. The molecule has 1 saturated heterocycles. The maximum Gasteiger partial charge on any atom is 0.150 e. The fourth-order valence-corrected chi connectivity index (χ4v) is 5.40. The van der Waals surface area contributed by atoms with Crippen LogP contribution in [-0.2, 0) is 9.84 Å². The molecule has 3 nitrogen and oxygen atoms in total. The Hall–Kier alpha value is 0.0900. The molecule has 0 bridgehead atoms. The predicted octanol–water partition coefficient (Wildman–Crippen LogP) is 2.29. The molecule has 1 aromatic heterocycles. The molecular weight excluding hydrogens is 312 g/mol. The summed E-state index contributed by atoms with van der Waals surface area (Å²) in [6.45, 7) is 1.97. The number of rotatable bonds is 2. The van der Waals surface area contributed by atoms with Gasteiger partial charge >= 0.3 is 0 Å². The Morgan fingerprint density at radius 3 is 2.75 bits per heavy atom. The summed E-state index contributed by atoms with van der Waals surface area (Å²) in [6, 6.07) is 1.88. The van der Waals surface area contributed by atoms with Crippen molar-refractivity contribution in [3.05, 3.63) is 20.3 Å². The highest BCUT2D eigenvalue weighted by molar-refractivity contribution is 9.10. The van der Waals surface area contributed by atoms with Gasteiger partial charge in [0, 0.05) is 20.1 Å². The van der Waals surface area contributed by atoms with Gasteiger partial charge in [0.05, 0.1) is 17.6 Å². The van der Waals surface area contributed by atoms with E-state index in [0.717, 1.165) is 14.2 Å². The van der Waals surface area contributed by atoms with E-state index >= 15 is 0 Å². The highest BCUT2D eigenvalue weighted by atomic mass is 79.9. The van der Waals surface area contributed by atoms with E-state index in [1.54, 1.807) is 0 Å². The van der Waals surface area contributed by atoms with E-state index in [9.17, 15) is 13.5 Å². The van der Waals surface area contributed by atoms with E-state index in [0.29, 0.717) is 6.42 Å². The van der Waals surface area contributed by atoms with Crippen LogP contribution >= 0.6 is 27.3 Å². The maximum absolute atomic E-state index is 11.3. The third-order valence-electron chi connectivity index (χ3n) is 2.88. The minimum atomic E-state index is -2.92. The molecule has 0 saturated carbocycles. The van der Waals surface area contributed by atoms with Crippen LogP contribution in [0.3, 0.4) is 0 Å². The Labute approximate surface area is 108 Å². The van der Waals surface area contributed by atoms with Crippen molar-refractivity contribution < 1.29 is 13.5 Å². The van der Waals surface area contributed by atoms with Crippen molar-refractivity contribution in [1.29, 1.82) is 0 Å². The van der Waals surface area contributed by atoms with Crippen molar-refractivity contribution in [2.24, 2.45) is 5.92 Å². The molecule has 0 radical (unpaired) electrons. The van der Waals surface area contributed by atoms with E-state index in [2.05, 4.69) is 15.9 Å². The zero-order valence-electron chi connectivity index (χ0n) is 8.81. The van der Waals surface area contributed by atoms with Gasteiger partial charge in [0.25, 0.3) is 0 Å². The summed E-state index contributed by atoms with van der Waals surface area (Å²) in [5.74, 6) is 0.179. The minimum Gasteiger partial charge on any atom is -0.387 e. The van der Waals surface area contributed by atoms with E-state index in [1.807, 2.05) is 13.0 Å². The molecule has 1 fully saturated rings. The van der Waals surface area contributed by atoms with Crippen LogP contribution in [0, 0.1) is 12.8 Å². The van der Waals surface area contributed by atoms with E-state index in [1.165, 1.54) is 11.3 Å². The van der Waals surface area contributed by atoms with Crippen molar-refractivity contribution in [3.8, 4) is 0 Å². The molecule has 2 heterocycles. The SMILES string of the molecule is Cc1sc(C(O)C2CCS(=O)(=O)C2)cc1Br. The number of aliphatic hydroxyl groups excluding tert-OH is 1. The molecule has 1 aliphatic heterocycles. The Morgan fingerprint density at radius 1 is 1.62 bits per heavy atom. The Balaban J connectivity index is 2.17. The van der Waals surface area contributed by atoms with Gasteiger partial charge in [0.15, 0.2) is 9.84 Å². The molecule has 0 aromatic carbocycles. The second kappa shape index (κ2) is 4.40. The van der Waals surface area contributed by atoms with Crippen LogP contribution in [0.4, 0.5) is 0 Å². The van der Waals surface area contributed by atoms with Gasteiger partial charge in [-0.25, -0.2) is 8.42 Å². The molecule has 0 amide bonds. The zero-order valence-corrected chi connectivity index (χ0v) is 12.0. The smallest absolute Gasteiger partial charge is 0.150 e. The summed E-state index contributed by atoms with van der Waals surface area (Å²) in [7, 11) is -2.92. The second-order valence-electron chi connectivity index (χ2n) is 4.16. The van der Waals surface area contributed by atoms with Crippen LogP contribution in [0.1, 0.15) is 22.3 Å². The predicted molar refractivity (Wildman–Crippen MR) is 68.5 cm³/mol. The monoisotopic (exact) mass is 324 g/mol. The van der Waals surface area contributed by atoms with Crippen LogP contribution in [0.15, 0.2) is 10.5 Å². The van der Waals surface area contributed by atoms with Gasteiger partial charge in [-0.1, -0.05) is 0 Å². The van der Waals surface area contributed by atoms with Gasteiger partial charge in [0.1, 0.15) is 0 Å². The average Bonchev–Trinajstić information content (AvgIpc) is 2.70. The first kappa shape index (κ1) is 12.5. The summed E-state index contributed by atoms with van der Waals surface area (Å²) in [5.41, 5.74) is 0. The average molecular weight is 325 g/mol. The van der Waals surface area contributed by atoms with Crippen LogP contribution in [0.25, 0.3) is 0 Å². The number of sulfone groups is 1. The molecule has 2 atom stereocenters. The largest absolute Gasteiger partial charge is 0.387 e. The standard InChI is InChI=1S/C10H13BrO3S2/c1-6-8(11)4-9(15-6)10(12)7-2-3-16(13,14)5-7/h4,7,10,12H,2-3,5H2,1H3.